The Morgan fingerprint density at radius 2 is 1.64 bits per heavy atom. The van der Waals surface area contributed by atoms with Crippen LogP contribution in [-0.2, 0) is 11.2 Å². The fourth-order valence-electron chi connectivity index (χ4n) is 2.17. The number of hydrogen-bond acceptors (Lipinski definition) is 3. The van der Waals surface area contributed by atoms with Crippen molar-refractivity contribution in [2.75, 3.05) is 7.05 Å². The van der Waals surface area contributed by atoms with E-state index in [9.17, 15) is 19.8 Å². The maximum atomic E-state index is 12.4. The summed E-state index contributed by atoms with van der Waals surface area (Å²) in [5, 5.41) is 18.7. The average molecular weight is 299 g/mol. The molecule has 2 aromatic rings. The summed E-state index contributed by atoms with van der Waals surface area (Å²) in [5.74, 6) is -1.30. The number of carbonyl (C=O) groups excluding carboxylic acids is 1. The van der Waals surface area contributed by atoms with Crippen LogP contribution in [0.5, 0.6) is 5.75 Å². The molecule has 0 heterocycles. The van der Waals surface area contributed by atoms with E-state index in [1.807, 2.05) is 0 Å². The number of phenolic OH excluding ortho intramolecular Hbond substituents is 1. The molecule has 0 aliphatic heterocycles. The highest BCUT2D eigenvalue weighted by molar-refractivity contribution is 5.96. The second-order valence-corrected chi connectivity index (χ2v) is 5.01. The van der Waals surface area contributed by atoms with E-state index >= 15 is 0 Å². The topological polar surface area (TPSA) is 77.8 Å². The third-order valence-corrected chi connectivity index (χ3v) is 3.46. The van der Waals surface area contributed by atoms with Crippen LogP contribution in [0.25, 0.3) is 0 Å². The summed E-state index contributed by atoms with van der Waals surface area (Å²) in [7, 11) is 1.48. The number of amides is 1. The Morgan fingerprint density at radius 1 is 1.05 bits per heavy atom. The molecule has 0 saturated heterocycles. The fourth-order valence-corrected chi connectivity index (χ4v) is 2.17. The Hall–Kier alpha value is -2.82. The Bertz CT molecular complexity index is 652. The fraction of sp³-hybridized carbons (Fsp3) is 0.176. The number of nitrogens with zero attached hydrogens (tertiary/aromatic N) is 1. The molecule has 0 aliphatic rings. The number of aliphatic carboxylic acids is 1. The maximum Gasteiger partial charge on any atom is 0.326 e. The predicted octanol–water partition coefficient (Wildman–Crippen LogP) is 2.16. The van der Waals surface area contributed by atoms with Crippen molar-refractivity contribution in [3.8, 4) is 5.75 Å². The number of likely N-dealkylation sites (N-methyl/N-ethyl adjacent to an activating group) is 1. The number of benzene rings is 2. The van der Waals surface area contributed by atoms with E-state index in [2.05, 4.69) is 0 Å². The summed E-state index contributed by atoms with van der Waals surface area (Å²) in [6.45, 7) is 0. The minimum atomic E-state index is -1.07. The molecule has 22 heavy (non-hydrogen) atoms. The number of hydrogen-bond donors (Lipinski definition) is 2. The smallest absolute Gasteiger partial charge is 0.326 e. The predicted molar refractivity (Wildman–Crippen MR) is 81.8 cm³/mol. The molecule has 2 rings (SSSR count). The largest absolute Gasteiger partial charge is 0.508 e. The molecule has 0 aliphatic carbocycles. The van der Waals surface area contributed by atoms with Gasteiger partial charge in [-0.2, -0.15) is 0 Å². The van der Waals surface area contributed by atoms with Crippen molar-refractivity contribution in [3.63, 3.8) is 0 Å². The molecular weight excluding hydrogens is 282 g/mol. The van der Waals surface area contributed by atoms with Gasteiger partial charge in [0.15, 0.2) is 0 Å². The van der Waals surface area contributed by atoms with Crippen molar-refractivity contribution in [3.05, 3.63) is 65.7 Å². The lowest BCUT2D eigenvalue weighted by Gasteiger charge is -2.25. The van der Waals surface area contributed by atoms with Crippen molar-refractivity contribution in [2.24, 2.45) is 0 Å². The standard InChI is InChI=1S/C17H17NO4/c1-18(16(20)13-5-3-2-4-6-13)15(17(21)22)11-12-7-9-14(19)10-8-12/h2-10,15,19H,11H2,1H3,(H,21,22). The first kappa shape index (κ1) is 15.6. The lowest BCUT2D eigenvalue weighted by Crippen LogP contribution is -2.43. The Labute approximate surface area is 128 Å². The SMILES string of the molecule is CN(C(=O)c1ccccc1)C(Cc1ccc(O)cc1)C(=O)O. The monoisotopic (exact) mass is 299 g/mol. The van der Waals surface area contributed by atoms with Gasteiger partial charge >= 0.3 is 5.97 Å². The summed E-state index contributed by atoms with van der Waals surface area (Å²) in [5.41, 5.74) is 1.18. The van der Waals surface area contributed by atoms with Crippen molar-refractivity contribution in [2.45, 2.75) is 12.5 Å². The minimum Gasteiger partial charge on any atom is -0.508 e. The van der Waals surface area contributed by atoms with Gasteiger partial charge in [-0.3, -0.25) is 4.79 Å². The van der Waals surface area contributed by atoms with Gasteiger partial charge in [0.25, 0.3) is 5.91 Å². The number of carboxylic acids is 1. The molecule has 0 radical (unpaired) electrons. The molecule has 0 fully saturated rings. The third-order valence-electron chi connectivity index (χ3n) is 3.46. The number of carboxylic acid groups (broad SMARTS) is 1. The van der Waals surface area contributed by atoms with Gasteiger partial charge < -0.3 is 15.1 Å². The molecule has 0 saturated carbocycles. The van der Waals surface area contributed by atoms with Gasteiger partial charge in [0.2, 0.25) is 0 Å². The zero-order valence-corrected chi connectivity index (χ0v) is 12.1. The highest BCUT2D eigenvalue weighted by atomic mass is 16.4. The van der Waals surface area contributed by atoms with Gasteiger partial charge in [0, 0.05) is 19.0 Å². The van der Waals surface area contributed by atoms with Crippen LogP contribution in [0.3, 0.4) is 0 Å². The van der Waals surface area contributed by atoms with Crippen molar-refractivity contribution in [1.82, 2.24) is 4.90 Å². The zero-order chi connectivity index (χ0) is 16.1. The van der Waals surface area contributed by atoms with Crippen LogP contribution >= 0.6 is 0 Å². The molecule has 0 spiro atoms. The highest BCUT2D eigenvalue weighted by Gasteiger charge is 2.27. The molecule has 1 unspecified atom stereocenters. The third kappa shape index (κ3) is 3.63. The second-order valence-electron chi connectivity index (χ2n) is 5.01. The first-order chi connectivity index (χ1) is 10.5. The summed E-state index contributed by atoms with van der Waals surface area (Å²) >= 11 is 0. The van der Waals surface area contributed by atoms with E-state index in [1.165, 1.54) is 24.1 Å². The molecular formula is C17H17NO4. The lowest BCUT2D eigenvalue weighted by atomic mass is 10.0. The average Bonchev–Trinajstić information content (AvgIpc) is 2.53. The van der Waals surface area contributed by atoms with Gasteiger partial charge in [0.1, 0.15) is 11.8 Å². The van der Waals surface area contributed by atoms with E-state index < -0.39 is 12.0 Å². The van der Waals surface area contributed by atoms with Crippen LogP contribution in [0, 0.1) is 0 Å². The van der Waals surface area contributed by atoms with Gasteiger partial charge in [-0.05, 0) is 29.8 Å². The number of phenols is 1. The first-order valence-corrected chi connectivity index (χ1v) is 6.82. The molecule has 2 N–H and O–H groups in total. The normalized spacial score (nSPS) is 11.7. The second kappa shape index (κ2) is 6.76. The van der Waals surface area contributed by atoms with E-state index in [1.54, 1.807) is 42.5 Å². The van der Waals surface area contributed by atoms with Crippen molar-refractivity contribution in [1.29, 1.82) is 0 Å². The Kier molecular flexibility index (Phi) is 4.78. The molecule has 114 valence electrons. The molecule has 1 atom stereocenters. The van der Waals surface area contributed by atoms with E-state index in [0.29, 0.717) is 5.56 Å². The van der Waals surface area contributed by atoms with Gasteiger partial charge in [0.05, 0.1) is 0 Å². The van der Waals surface area contributed by atoms with Crippen LogP contribution in [-0.4, -0.2) is 40.1 Å². The summed E-state index contributed by atoms with van der Waals surface area (Å²) in [4.78, 5) is 25.1. The lowest BCUT2D eigenvalue weighted by molar-refractivity contribution is -0.141. The van der Waals surface area contributed by atoms with Crippen LogP contribution in [0.2, 0.25) is 0 Å². The van der Waals surface area contributed by atoms with Gasteiger partial charge in [-0.1, -0.05) is 30.3 Å². The summed E-state index contributed by atoms with van der Waals surface area (Å²) in [6.07, 6.45) is 0.171. The number of carbonyl (C=O) groups is 2. The van der Waals surface area contributed by atoms with Gasteiger partial charge in [-0.15, -0.1) is 0 Å². The van der Waals surface area contributed by atoms with E-state index in [0.717, 1.165) is 5.56 Å². The van der Waals surface area contributed by atoms with Crippen LogP contribution in [0.4, 0.5) is 0 Å². The molecule has 0 bridgehead atoms. The molecule has 5 heteroatoms. The quantitative estimate of drug-likeness (QED) is 0.887. The van der Waals surface area contributed by atoms with Crippen LogP contribution < -0.4 is 0 Å². The van der Waals surface area contributed by atoms with Crippen LogP contribution in [0.1, 0.15) is 15.9 Å². The van der Waals surface area contributed by atoms with Crippen molar-refractivity contribution < 1.29 is 19.8 Å². The number of aromatic hydroxyl groups is 1. The van der Waals surface area contributed by atoms with E-state index in [-0.39, 0.29) is 18.1 Å². The van der Waals surface area contributed by atoms with Crippen molar-refractivity contribution >= 4 is 11.9 Å². The summed E-state index contributed by atoms with van der Waals surface area (Å²) < 4.78 is 0. The maximum absolute atomic E-state index is 12.4. The zero-order valence-electron chi connectivity index (χ0n) is 12.1. The molecule has 0 aromatic heterocycles. The highest BCUT2D eigenvalue weighted by Crippen LogP contribution is 2.15. The van der Waals surface area contributed by atoms with Gasteiger partial charge in [-0.25, -0.2) is 4.79 Å². The first-order valence-electron chi connectivity index (χ1n) is 6.82. The molecule has 1 amide bonds. The minimum absolute atomic E-state index is 0.115. The molecule has 5 nitrogen and oxygen atoms in total. The number of rotatable bonds is 5. The Balaban J connectivity index is 2.18. The molecule has 2 aromatic carbocycles. The summed E-state index contributed by atoms with van der Waals surface area (Å²) in [6, 6.07) is 13.9. The Morgan fingerprint density at radius 3 is 2.18 bits per heavy atom. The van der Waals surface area contributed by atoms with E-state index in [4.69, 9.17) is 0 Å². The van der Waals surface area contributed by atoms with Crippen LogP contribution in [0.15, 0.2) is 54.6 Å².